The lowest BCUT2D eigenvalue weighted by atomic mass is 10.1. The van der Waals surface area contributed by atoms with Crippen LogP contribution in [0, 0.1) is 12.7 Å². The lowest BCUT2D eigenvalue weighted by molar-refractivity contribution is -0.116. The summed E-state index contributed by atoms with van der Waals surface area (Å²) in [6, 6.07) is 10.9. The summed E-state index contributed by atoms with van der Waals surface area (Å²) in [4.78, 5) is 24.3. The Morgan fingerprint density at radius 1 is 1.04 bits per heavy atom. The van der Waals surface area contributed by atoms with E-state index in [0.29, 0.717) is 29.1 Å². The Morgan fingerprint density at radius 2 is 1.73 bits per heavy atom. The molecule has 1 aliphatic rings. The third-order valence-corrected chi connectivity index (χ3v) is 4.49. The second-order valence-electron chi connectivity index (χ2n) is 5.65. The number of anilines is 2. The summed E-state index contributed by atoms with van der Waals surface area (Å²) in [7, 11) is 0. The van der Waals surface area contributed by atoms with Crippen LogP contribution in [0.1, 0.15) is 15.9 Å². The van der Waals surface area contributed by atoms with Gasteiger partial charge in [0.2, 0.25) is 0 Å². The Bertz CT molecular complexity index is 866. The van der Waals surface area contributed by atoms with E-state index in [0.717, 1.165) is 5.75 Å². The van der Waals surface area contributed by atoms with Crippen LogP contribution >= 0.6 is 11.8 Å². The first kappa shape index (κ1) is 18.0. The van der Waals surface area contributed by atoms with Crippen LogP contribution in [0.5, 0.6) is 0 Å². The number of aryl methyl sites for hydroxylation is 1. The molecule has 26 heavy (non-hydrogen) atoms. The molecule has 2 amide bonds. The number of rotatable bonds is 4. The van der Waals surface area contributed by atoms with Gasteiger partial charge in [0.1, 0.15) is 5.82 Å². The Kier molecular flexibility index (Phi) is 5.58. The van der Waals surface area contributed by atoms with Crippen molar-refractivity contribution in [2.24, 2.45) is 0 Å². The second-order valence-corrected chi connectivity index (χ2v) is 6.63. The first-order valence-electron chi connectivity index (χ1n) is 7.96. The number of hydrogen-bond acceptors (Lipinski definition) is 4. The third-order valence-electron chi connectivity index (χ3n) is 3.71. The fraction of sp³-hybridized carbons (Fsp3) is 0.158. The molecule has 5 nitrogen and oxygen atoms in total. The Balaban J connectivity index is 1.63. The van der Waals surface area contributed by atoms with Gasteiger partial charge in [-0.15, -0.1) is 11.8 Å². The van der Waals surface area contributed by atoms with Crippen molar-refractivity contribution in [1.29, 1.82) is 0 Å². The summed E-state index contributed by atoms with van der Waals surface area (Å²) in [5.74, 6) is 0.0407. The Morgan fingerprint density at radius 3 is 2.38 bits per heavy atom. The number of carbonyl (C=O) groups excluding carboxylic acids is 2. The van der Waals surface area contributed by atoms with Gasteiger partial charge in [-0.3, -0.25) is 9.59 Å². The first-order valence-corrected chi connectivity index (χ1v) is 9.01. The lowest BCUT2D eigenvalue weighted by Gasteiger charge is -2.14. The van der Waals surface area contributed by atoms with Crippen molar-refractivity contribution >= 4 is 35.0 Å². The quantitative estimate of drug-likeness (QED) is 0.853. The maximum Gasteiger partial charge on any atom is 0.291 e. The molecule has 0 unspecified atom stereocenters. The van der Waals surface area contributed by atoms with Gasteiger partial charge in [0.15, 0.2) is 5.76 Å². The molecule has 0 saturated heterocycles. The number of ether oxygens (including phenoxy) is 1. The van der Waals surface area contributed by atoms with Gasteiger partial charge in [0, 0.05) is 28.1 Å². The minimum absolute atomic E-state index is 0.282. The minimum Gasteiger partial charge on any atom is -0.487 e. The van der Waals surface area contributed by atoms with Gasteiger partial charge in [0.05, 0.1) is 6.61 Å². The van der Waals surface area contributed by atoms with Crippen molar-refractivity contribution < 1.29 is 18.7 Å². The molecule has 3 rings (SSSR count). The van der Waals surface area contributed by atoms with Gasteiger partial charge < -0.3 is 15.4 Å². The smallest absolute Gasteiger partial charge is 0.291 e. The molecule has 0 atom stereocenters. The predicted molar refractivity (Wildman–Crippen MR) is 101 cm³/mol. The lowest BCUT2D eigenvalue weighted by Crippen LogP contribution is -2.19. The van der Waals surface area contributed by atoms with Gasteiger partial charge in [-0.05, 0) is 48.9 Å². The topological polar surface area (TPSA) is 67.4 Å². The van der Waals surface area contributed by atoms with Crippen molar-refractivity contribution in [2.75, 3.05) is 23.0 Å². The monoisotopic (exact) mass is 372 g/mol. The molecule has 0 bridgehead atoms. The molecule has 0 radical (unpaired) electrons. The Hall–Kier alpha value is -2.80. The highest BCUT2D eigenvalue weighted by atomic mass is 32.2. The van der Waals surface area contributed by atoms with Crippen LogP contribution in [0.2, 0.25) is 0 Å². The number of thioether (sulfide) groups is 1. The van der Waals surface area contributed by atoms with E-state index in [-0.39, 0.29) is 23.4 Å². The van der Waals surface area contributed by atoms with Crippen molar-refractivity contribution in [2.45, 2.75) is 6.92 Å². The molecule has 2 N–H and O–H groups in total. The molecule has 0 aromatic heterocycles. The number of hydrogen-bond donors (Lipinski definition) is 2. The second kappa shape index (κ2) is 8.05. The third kappa shape index (κ3) is 4.43. The van der Waals surface area contributed by atoms with E-state index in [2.05, 4.69) is 10.6 Å². The van der Waals surface area contributed by atoms with Crippen molar-refractivity contribution in [1.82, 2.24) is 0 Å². The molecule has 0 fully saturated rings. The molecule has 7 heteroatoms. The molecule has 134 valence electrons. The van der Waals surface area contributed by atoms with E-state index < -0.39 is 0 Å². The van der Waals surface area contributed by atoms with Crippen LogP contribution in [0.25, 0.3) is 0 Å². The zero-order valence-electron chi connectivity index (χ0n) is 14.0. The van der Waals surface area contributed by atoms with E-state index in [1.165, 1.54) is 17.8 Å². The van der Waals surface area contributed by atoms with Crippen LogP contribution in [0.15, 0.2) is 53.6 Å². The summed E-state index contributed by atoms with van der Waals surface area (Å²) < 4.78 is 18.8. The van der Waals surface area contributed by atoms with Crippen molar-refractivity contribution in [3.05, 3.63) is 70.6 Å². The summed E-state index contributed by atoms with van der Waals surface area (Å²) >= 11 is 1.52. The molecule has 2 aromatic carbocycles. The van der Waals surface area contributed by atoms with Crippen LogP contribution in [-0.2, 0) is 9.53 Å². The normalized spacial score (nSPS) is 13.4. The van der Waals surface area contributed by atoms with Crippen molar-refractivity contribution in [3.63, 3.8) is 0 Å². The summed E-state index contributed by atoms with van der Waals surface area (Å²) in [5, 5.41) is 7.04. The fourth-order valence-corrected chi connectivity index (χ4v) is 2.88. The first-order chi connectivity index (χ1) is 12.5. The van der Waals surface area contributed by atoms with Gasteiger partial charge >= 0.3 is 0 Å². The predicted octanol–water partition coefficient (Wildman–Crippen LogP) is 3.93. The van der Waals surface area contributed by atoms with E-state index in [1.807, 2.05) is 0 Å². The van der Waals surface area contributed by atoms with Crippen molar-refractivity contribution in [3.8, 4) is 0 Å². The number of amides is 2. The SMILES string of the molecule is Cc1ccc(NC(=O)c2ccc(NC(=O)C3=CSCCO3)cc2)cc1F. The highest BCUT2D eigenvalue weighted by molar-refractivity contribution is 8.02. The molecule has 0 spiro atoms. The average molecular weight is 372 g/mol. The summed E-state index contributed by atoms with van der Waals surface area (Å²) in [5.41, 5.74) is 1.84. The highest BCUT2D eigenvalue weighted by Crippen LogP contribution is 2.18. The number of benzene rings is 2. The fourth-order valence-electron chi connectivity index (χ4n) is 2.26. The number of halogens is 1. The molecular weight excluding hydrogens is 355 g/mol. The van der Waals surface area contributed by atoms with Gasteiger partial charge in [0.25, 0.3) is 11.8 Å². The molecular formula is C19H17FN2O3S. The number of carbonyl (C=O) groups is 2. The zero-order chi connectivity index (χ0) is 18.5. The number of nitrogens with one attached hydrogen (secondary N) is 2. The van der Waals surface area contributed by atoms with Crippen LogP contribution in [0.4, 0.5) is 15.8 Å². The summed E-state index contributed by atoms with van der Waals surface area (Å²) in [6.07, 6.45) is 0. The zero-order valence-corrected chi connectivity index (χ0v) is 14.9. The van der Waals surface area contributed by atoms with E-state index in [1.54, 1.807) is 48.7 Å². The van der Waals surface area contributed by atoms with Crippen LogP contribution in [-0.4, -0.2) is 24.2 Å². The van der Waals surface area contributed by atoms with E-state index in [9.17, 15) is 14.0 Å². The maximum atomic E-state index is 13.6. The maximum absolute atomic E-state index is 13.6. The average Bonchev–Trinajstić information content (AvgIpc) is 2.66. The van der Waals surface area contributed by atoms with E-state index >= 15 is 0 Å². The summed E-state index contributed by atoms with van der Waals surface area (Å²) in [6.45, 7) is 2.16. The van der Waals surface area contributed by atoms with Crippen LogP contribution in [0.3, 0.4) is 0 Å². The highest BCUT2D eigenvalue weighted by Gasteiger charge is 2.15. The molecule has 0 saturated carbocycles. The minimum atomic E-state index is -0.377. The van der Waals surface area contributed by atoms with Gasteiger partial charge in [-0.25, -0.2) is 4.39 Å². The molecule has 1 heterocycles. The molecule has 1 aliphatic heterocycles. The van der Waals surface area contributed by atoms with Crippen LogP contribution < -0.4 is 10.6 Å². The Labute approximate surface area is 154 Å². The van der Waals surface area contributed by atoms with Gasteiger partial charge in [-0.2, -0.15) is 0 Å². The largest absolute Gasteiger partial charge is 0.487 e. The van der Waals surface area contributed by atoms with E-state index in [4.69, 9.17) is 4.74 Å². The molecule has 2 aromatic rings. The molecule has 0 aliphatic carbocycles. The standard InChI is InChI=1S/C19H17FN2O3S/c1-12-2-5-15(10-16(12)20)22-18(23)13-3-6-14(7-4-13)21-19(24)17-11-26-9-8-25-17/h2-7,10-11H,8-9H2,1H3,(H,21,24)(H,22,23). The van der Waals surface area contributed by atoms with Gasteiger partial charge in [-0.1, -0.05) is 6.07 Å².